The van der Waals surface area contributed by atoms with Gasteiger partial charge in [-0.1, -0.05) is 56.3 Å². The lowest BCUT2D eigenvalue weighted by atomic mass is 10.0. The zero-order valence-electron chi connectivity index (χ0n) is 12.3. The molecule has 0 saturated carbocycles. The molecule has 0 unspecified atom stereocenters. The van der Waals surface area contributed by atoms with E-state index in [1.165, 1.54) is 45.6 Å². The molecule has 0 bridgehead atoms. The first-order chi connectivity index (χ1) is 9.81. The first kappa shape index (κ1) is 13.6. The van der Waals surface area contributed by atoms with Crippen molar-refractivity contribution in [3.63, 3.8) is 0 Å². The molecule has 0 saturated heterocycles. The van der Waals surface area contributed by atoms with Crippen molar-refractivity contribution in [1.29, 1.82) is 0 Å². The van der Waals surface area contributed by atoms with Gasteiger partial charge in [0, 0.05) is 0 Å². The molecule has 0 N–H and O–H groups in total. The van der Waals surface area contributed by atoms with Gasteiger partial charge in [-0.05, 0) is 57.7 Å². The van der Waals surface area contributed by atoms with Crippen molar-refractivity contribution in [2.24, 2.45) is 0 Å². The third kappa shape index (κ3) is 2.58. The summed E-state index contributed by atoms with van der Waals surface area (Å²) in [6.07, 6.45) is 3.92. The predicted molar refractivity (Wildman–Crippen MR) is 93.2 cm³/mol. The van der Waals surface area contributed by atoms with Crippen molar-refractivity contribution in [2.45, 2.75) is 20.0 Å². The maximum atomic E-state index is 2.37. The molecule has 1 heteroatoms. The monoisotopic (exact) mass is 280 g/mol. The topological polar surface area (TPSA) is 0 Å². The predicted octanol–water partition coefficient (Wildman–Crippen LogP) is 6.01. The van der Waals surface area contributed by atoms with E-state index in [0.717, 1.165) is 0 Å². The van der Waals surface area contributed by atoms with E-state index in [0.29, 0.717) is 0 Å². The molecule has 0 aliphatic rings. The van der Waals surface area contributed by atoms with Gasteiger partial charge < -0.3 is 0 Å². The largest absolute Gasteiger partial charge is 0.103 e. The minimum Gasteiger partial charge on any atom is -0.103 e. The summed E-state index contributed by atoms with van der Waals surface area (Å²) in [6.45, 7) is 4.66. The number of benzene rings is 3. The van der Waals surface area contributed by atoms with Crippen LogP contribution in [-0.2, 0) is 6.16 Å². The molecule has 0 amide bonds. The highest BCUT2D eigenvalue weighted by molar-refractivity contribution is 7.56. The fourth-order valence-corrected chi connectivity index (χ4v) is 4.51. The molecule has 0 fully saturated rings. The second-order valence-corrected chi connectivity index (χ2v) is 8.22. The normalized spacial score (nSPS) is 11.6. The average molecular weight is 280 g/mol. The van der Waals surface area contributed by atoms with Crippen LogP contribution in [0, 0.1) is 0 Å². The van der Waals surface area contributed by atoms with Gasteiger partial charge in [-0.2, -0.15) is 0 Å². The maximum absolute atomic E-state index is 2.37. The van der Waals surface area contributed by atoms with E-state index in [-0.39, 0.29) is 7.92 Å². The quantitative estimate of drug-likeness (QED) is 0.405. The lowest BCUT2D eigenvalue weighted by Crippen LogP contribution is -1.91. The van der Waals surface area contributed by atoms with Crippen LogP contribution in [0.25, 0.3) is 21.5 Å². The van der Waals surface area contributed by atoms with E-state index in [1.54, 1.807) is 0 Å². The van der Waals surface area contributed by atoms with Gasteiger partial charge in [-0.25, -0.2) is 0 Å². The molecular weight excluding hydrogens is 259 g/mol. The van der Waals surface area contributed by atoms with Crippen LogP contribution in [0.4, 0.5) is 0 Å². The second-order valence-electron chi connectivity index (χ2n) is 5.30. The SMILES string of the molecule is CCP(CC)Cc1cccc2cc3ccccc3cc12. The molecule has 0 aliphatic carbocycles. The smallest absolute Gasteiger partial charge is 0.00671 e. The highest BCUT2D eigenvalue weighted by Crippen LogP contribution is 2.40. The van der Waals surface area contributed by atoms with E-state index >= 15 is 0 Å². The Bertz CT molecular complexity index is 726. The molecule has 0 nitrogen and oxygen atoms in total. The minimum atomic E-state index is 0.151. The first-order valence-electron chi connectivity index (χ1n) is 7.44. The standard InChI is InChI=1S/C19H21P/c1-3-20(4-2)14-18-11-7-10-17-12-15-8-5-6-9-16(15)13-19(17)18/h5-13H,3-4,14H2,1-2H3. The van der Waals surface area contributed by atoms with Crippen molar-refractivity contribution in [3.05, 3.63) is 60.2 Å². The summed E-state index contributed by atoms with van der Waals surface area (Å²) in [5, 5.41) is 5.51. The fourth-order valence-electron chi connectivity index (χ4n) is 2.86. The molecule has 0 aliphatic heterocycles. The van der Waals surface area contributed by atoms with Gasteiger partial charge in [0.1, 0.15) is 0 Å². The van der Waals surface area contributed by atoms with Gasteiger partial charge in [0.15, 0.2) is 0 Å². The van der Waals surface area contributed by atoms with Gasteiger partial charge >= 0.3 is 0 Å². The van der Waals surface area contributed by atoms with Gasteiger partial charge in [0.05, 0.1) is 0 Å². The molecule has 0 spiro atoms. The molecule has 3 aromatic rings. The van der Waals surface area contributed by atoms with Crippen LogP contribution in [0.3, 0.4) is 0 Å². The Balaban J connectivity index is 2.15. The lowest BCUT2D eigenvalue weighted by molar-refractivity contribution is 1.33. The molecule has 102 valence electrons. The molecule has 0 atom stereocenters. The van der Waals surface area contributed by atoms with Crippen LogP contribution in [0.2, 0.25) is 0 Å². The summed E-state index contributed by atoms with van der Waals surface area (Å²) in [6, 6.07) is 20.1. The first-order valence-corrected chi connectivity index (χ1v) is 9.34. The van der Waals surface area contributed by atoms with E-state index in [1.807, 2.05) is 0 Å². The highest BCUT2D eigenvalue weighted by atomic mass is 31.1. The zero-order chi connectivity index (χ0) is 13.9. The molecule has 3 aromatic carbocycles. The van der Waals surface area contributed by atoms with Gasteiger partial charge in [0.2, 0.25) is 0 Å². The van der Waals surface area contributed by atoms with Crippen LogP contribution in [0.15, 0.2) is 54.6 Å². The van der Waals surface area contributed by atoms with Gasteiger partial charge in [-0.3, -0.25) is 0 Å². The Morgan fingerprint density at radius 2 is 1.40 bits per heavy atom. The van der Waals surface area contributed by atoms with Crippen molar-refractivity contribution in [1.82, 2.24) is 0 Å². The minimum absolute atomic E-state index is 0.151. The molecular formula is C19H21P. The third-order valence-corrected chi connectivity index (χ3v) is 6.70. The van der Waals surface area contributed by atoms with Crippen molar-refractivity contribution >= 4 is 29.5 Å². The third-order valence-electron chi connectivity index (χ3n) is 4.13. The Morgan fingerprint density at radius 3 is 2.10 bits per heavy atom. The highest BCUT2D eigenvalue weighted by Gasteiger charge is 2.08. The van der Waals surface area contributed by atoms with Crippen LogP contribution in [0.5, 0.6) is 0 Å². The second kappa shape index (κ2) is 5.94. The molecule has 0 heterocycles. The zero-order valence-corrected chi connectivity index (χ0v) is 13.2. The number of hydrogen-bond acceptors (Lipinski definition) is 0. The summed E-state index contributed by atoms with van der Waals surface area (Å²) >= 11 is 0. The van der Waals surface area contributed by atoms with Crippen molar-refractivity contribution in [2.75, 3.05) is 12.3 Å². The molecule has 0 aromatic heterocycles. The molecule has 0 radical (unpaired) electrons. The Morgan fingerprint density at radius 1 is 0.750 bits per heavy atom. The molecule has 3 rings (SSSR count). The Labute approximate surface area is 122 Å². The van der Waals surface area contributed by atoms with Crippen molar-refractivity contribution in [3.8, 4) is 0 Å². The number of rotatable bonds is 4. The summed E-state index contributed by atoms with van der Waals surface area (Å²) < 4.78 is 0. The van der Waals surface area contributed by atoms with E-state index in [4.69, 9.17) is 0 Å². The van der Waals surface area contributed by atoms with Crippen molar-refractivity contribution < 1.29 is 0 Å². The van der Waals surface area contributed by atoms with E-state index in [2.05, 4.69) is 68.4 Å². The lowest BCUT2D eigenvalue weighted by Gasteiger charge is -2.15. The Hall–Kier alpha value is -1.39. The van der Waals surface area contributed by atoms with Gasteiger partial charge in [-0.15, -0.1) is 7.92 Å². The summed E-state index contributed by atoms with van der Waals surface area (Å²) in [4.78, 5) is 0. The fraction of sp³-hybridized carbons (Fsp3) is 0.263. The number of hydrogen-bond donors (Lipinski definition) is 0. The van der Waals surface area contributed by atoms with E-state index < -0.39 is 0 Å². The van der Waals surface area contributed by atoms with Crippen LogP contribution >= 0.6 is 7.92 Å². The maximum Gasteiger partial charge on any atom is -0.00671 e. The Kier molecular flexibility index (Phi) is 4.03. The molecule has 20 heavy (non-hydrogen) atoms. The average Bonchev–Trinajstić information content (AvgIpc) is 2.50. The van der Waals surface area contributed by atoms with Gasteiger partial charge in [0.25, 0.3) is 0 Å². The summed E-state index contributed by atoms with van der Waals surface area (Å²) in [5.41, 5.74) is 1.53. The van der Waals surface area contributed by atoms with Crippen LogP contribution in [0.1, 0.15) is 19.4 Å². The summed E-state index contributed by atoms with van der Waals surface area (Å²) in [7, 11) is 0.151. The van der Waals surface area contributed by atoms with Crippen LogP contribution < -0.4 is 0 Å². The summed E-state index contributed by atoms with van der Waals surface area (Å²) in [5.74, 6) is 0. The van der Waals surface area contributed by atoms with E-state index in [9.17, 15) is 0 Å². The van der Waals surface area contributed by atoms with Crippen LogP contribution in [-0.4, -0.2) is 12.3 Å². The number of fused-ring (bicyclic) bond motifs is 2.